The molecule has 6 nitrogen and oxygen atoms in total. The van der Waals surface area contributed by atoms with E-state index in [0.717, 1.165) is 62.8 Å². The number of aromatic nitrogens is 2. The van der Waals surface area contributed by atoms with E-state index in [1.54, 1.807) is 0 Å². The number of rotatable bonds is 8. The molecule has 0 spiro atoms. The third-order valence-electron chi connectivity index (χ3n) is 5.76. The van der Waals surface area contributed by atoms with Gasteiger partial charge in [0.15, 0.2) is 5.11 Å². The van der Waals surface area contributed by atoms with E-state index < -0.39 is 0 Å². The first-order chi connectivity index (χ1) is 16.2. The molecule has 0 aliphatic carbocycles. The van der Waals surface area contributed by atoms with Gasteiger partial charge in [0, 0.05) is 25.7 Å². The predicted molar refractivity (Wildman–Crippen MR) is 138 cm³/mol. The van der Waals surface area contributed by atoms with Crippen LogP contribution in [0.15, 0.2) is 66.7 Å². The topological polar surface area (TPSA) is 62.3 Å². The molecule has 1 aliphatic heterocycles. The largest absolute Gasteiger partial charge is 0.439 e. The lowest BCUT2D eigenvalue weighted by Gasteiger charge is -2.31. The quantitative estimate of drug-likeness (QED) is 0.343. The first-order valence-electron chi connectivity index (χ1n) is 11.6. The zero-order chi connectivity index (χ0) is 22.9. The van der Waals surface area contributed by atoms with Gasteiger partial charge in [0.25, 0.3) is 0 Å². The molecule has 2 N–H and O–H groups in total. The first-order valence-corrected chi connectivity index (χ1v) is 12.0. The lowest BCUT2D eigenvalue weighted by Crippen LogP contribution is -2.34. The van der Waals surface area contributed by atoms with E-state index in [1.807, 2.05) is 42.5 Å². The Bertz CT molecular complexity index is 1020. The van der Waals surface area contributed by atoms with Gasteiger partial charge >= 0.3 is 0 Å². The van der Waals surface area contributed by atoms with Gasteiger partial charge in [-0.05, 0) is 61.5 Å². The molecule has 0 radical (unpaired) electrons. The SMILES string of the molecule is CC1CCN(c2cc(Oc3ccccc3)nc(NC(=S)NCCCc3ccccc3)n2)CC1. The minimum Gasteiger partial charge on any atom is -0.439 e. The molecule has 1 aromatic heterocycles. The van der Waals surface area contributed by atoms with Crippen LogP contribution in [0.4, 0.5) is 11.8 Å². The van der Waals surface area contributed by atoms with Gasteiger partial charge in [0.05, 0.1) is 0 Å². The molecule has 0 bridgehead atoms. The maximum absolute atomic E-state index is 6.02. The molecular formula is C26H31N5OS. The molecule has 1 aliphatic rings. The van der Waals surface area contributed by atoms with Crippen LogP contribution in [0.1, 0.15) is 31.7 Å². The highest BCUT2D eigenvalue weighted by Gasteiger charge is 2.19. The Labute approximate surface area is 201 Å². The van der Waals surface area contributed by atoms with Gasteiger partial charge in [-0.3, -0.25) is 0 Å². The third kappa shape index (κ3) is 7.15. The fourth-order valence-electron chi connectivity index (χ4n) is 3.81. The van der Waals surface area contributed by atoms with Crippen molar-refractivity contribution in [3.8, 4) is 11.6 Å². The number of nitrogens with one attached hydrogen (secondary N) is 2. The summed E-state index contributed by atoms with van der Waals surface area (Å²) in [5.74, 6) is 3.28. The number of hydrogen-bond donors (Lipinski definition) is 2. The number of para-hydroxylation sites is 1. The number of anilines is 2. The zero-order valence-electron chi connectivity index (χ0n) is 19.0. The second-order valence-corrected chi connectivity index (χ2v) is 8.85. The van der Waals surface area contributed by atoms with Crippen LogP contribution in [-0.4, -0.2) is 34.7 Å². The van der Waals surface area contributed by atoms with E-state index in [9.17, 15) is 0 Å². The number of nitrogens with zero attached hydrogens (tertiary/aromatic N) is 3. The van der Waals surface area contributed by atoms with Crippen LogP contribution in [0.5, 0.6) is 11.6 Å². The number of hydrogen-bond acceptors (Lipinski definition) is 5. The summed E-state index contributed by atoms with van der Waals surface area (Å²) in [4.78, 5) is 11.6. The molecule has 0 atom stereocenters. The van der Waals surface area contributed by atoms with Gasteiger partial charge in [-0.1, -0.05) is 55.5 Å². The van der Waals surface area contributed by atoms with Crippen molar-refractivity contribution in [2.24, 2.45) is 5.92 Å². The van der Waals surface area contributed by atoms with Crippen LogP contribution in [0, 0.1) is 5.92 Å². The van der Waals surface area contributed by atoms with Crippen LogP contribution >= 0.6 is 12.2 Å². The summed E-state index contributed by atoms with van der Waals surface area (Å²) >= 11 is 5.50. The molecule has 0 unspecified atom stereocenters. The number of ether oxygens (including phenoxy) is 1. The Kier molecular flexibility index (Phi) is 8.09. The van der Waals surface area contributed by atoms with Gasteiger partial charge in [-0.25, -0.2) is 0 Å². The van der Waals surface area contributed by atoms with Crippen molar-refractivity contribution in [3.05, 3.63) is 72.3 Å². The van der Waals surface area contributed by atoms with Crippen LogP contribution in [0.25, 0.3) is 0 Å². The molecule has 2 aromatic carbocycles. The molecule has 0 saturated carbocycles. The Morgan fingerprint density at radius 1 is 1.03 bits per heavy atom. The van der Waals surface area contributed by atoms with Crippen LogP contribution in [-0.2, 0) is 6.42 Å². The summed E-state index contributed by atoms with van der Waals surface area (Å²) in [6.45, 7) is 5.03. The first kappa shape index (κ1) is 23.0. The minimum absolute atomic E-state index is 0.442. The molecule has 4 rings (SSSR count). The van der Waals surface area contributed by atoms with Crippen molar-refractivity contribution in [2.75, 3.05) is 29.9 Å². The van der Waals surface area contributed by atoms with Gasteiger partial charge in [-0.2, -0.15) is 9.97 Å². The molecular weight excluding hydrogens is 430 g/mol. The number of benzene rings is 2. The molecule has 7 heteroatoms. The Morgan fingerprint density at radius 3 is 2.45 bits per heavy atom. The monoisotopic (exact) mass is 461 g/mol. The Morgan fingerprint density at radius 2 is 1.73 bits per heavy atom. The fourth-order valence-corrected chi connectivity index (χ4v) is 4.01. The molecule has 1 fully saturated rings. The summed E-state index contributed by atoms with van der Waals surface area (Å²) in [7, 11) is 0. The van der Waals surface area contributed by atoms with E-state index in [0.29, 0.717) is 16.9 Å². The highest BCUT2D eigenvalue weighted by molar-refractivity contribution is 7.80. The van der Waals surface area contributed by atoms with Crippen molar-refractivity contribution < 1.29 is 4.74 Å². The van der Waals surface area contributed by atoms with Crippen molar-refractivity contribution in [3.63, 3.8) is 0 Å². The highest BCUT2D eigenvalue weighted by atomic mass is 32.1. The van der Waals surface area contributed by atoms with E-state index in [1.165, 1.54) is 5.56 Å². The number of aryl methyl sites for hydroxylation is 1. The van der Waals surface area contributed by atoms with Gasteiger partial charge in [-0.15, -0.1) is 0 Å². The van der Waals surface area contributed by atoms with E-state index in [4.69, 9.17) is 21.9 Å². The summed E-state index contributed by atoms with van der Waals surface area (Å²) in [5.41, 5.74) is 1.33. The molecule has 3 aromatic rings. The molecule has 2 heterocycles. The number of thiocarbonyl (C=S) groups is 1. The van der Waals surface area contributed by atoms with E-state index >= 15 is 0 Å². The average molecular weight is 462 g/mol. The molecule has 172 valence electrons. The average Bonchev–Trinajstić information content (AvgIpc) is 2.83. The zero-order valence-corrected chi connectivity index (χ0v) is 19.9. The maximum Gasteiger partial charge on any atom is 0.234 e. The van der Waals surface area contributed by atoms with E-state index in [2.05, 4.69) is 51.7 Å². The maximum atomic E-state index is 6.02. The van der Waals surface area contributed by atoms with Crippen molar-refractivity contribution in [1.29, 1.82) is 0 Å². The van der Waals surface area contributed by atoms with Gasteiger partial charge in [0.2, 0.25) is 11.8 Å². The third-order valence-corrected chi connectivity index (χ3v) is 6.00. The smallest absolute Gasteiger partial charge is 0.234 e. The Balaban J connectivity index is 1.40. The van der Waals surface area contributed by atoms with Crippen molar-refractivity contribution >= 4 is 29.1 Å². The van der Waals surface area contributed by atoms with Crippen molar-refractivity contribution in [1.82, 2.24) is 15.3 Å². The minimum atomic E-state index is 0.442. The molecule has 0 amide bonds. The summed E-state index contributed by atoms with van der Waals surface area (Å²) in [5, 5.41) is 6.92. The van der Waals surface area contributed by atoms with Crippen LogP contribution in [0.2, 0.25) is 0 Å². The molecule has 33 heavy (non-hydrogen) atoms. The van der Waals surface area contributed by atoms with Crippen LogP contribution < -0.4 is 20.3 Å². The second kappa shape index (κ2) is 11.6. The fraction of sp³-hybridized carbons (Fsp3) is 0.346. The number of piperidine rings is 1. The second-order valence-electron chi connectivity index (χ2n) is 8.44. The normalized spacial score (nSPS) is 14.0. The lowest BCUT2D eigenvalue weighted by molar-refractivity contribution is 0.434. The predicted octanol–water partition coefficient (Wildman–Crippen LogP) is 5.42. The standard InChI is InChI=1S/C26H31N5OS/c1-20-14-17-31(18-15-20)23-19-24(32-22-12-6-3-7-13-22)29-25(28-23)30-26(33)27-16-8-11-21-9-4-2-5-10-21/h2-7,9-10,12-13,19-20H,8,11,14-18H2,1H3,(H2,27,28,29,30,33). The molecule has 1 saturated heterocycles. The van der Waals surface area contributed by atoms with Crippen molar-refractivity contribution in [2.45, 2.75) is 32.6 Å². The lowest BCUT2D eigenvalue weighted by atomic mass is 9.99. The highest BCUT2D eigenvalue weighted by Crippen LogP contribution is 2.27. The Hall–Kier alpha value is -3.19. The van der Waals surface area contributed by atoms with Gasteiger partial charge < -0.3 is 20.3 Å². The van der Waals surface area contributed by atoms with Crippen LogP contribution in [0.3, 0.4) is 0 Å². The summed E-state index contributed by atoms with van der Waals surface area (Å²) < 4.78 is 6.02. The van der Waals surface area contributed by atoms with Gasteiger partial charge in [0.1, 0.15) is 11.6 Å². The van der Waals surface area contributed by atoms with E-state index in [-0.39, 0.29) is 0 Å². The summed E-state index contributed by atoms with van der Waals surface area (Å²) in [6, 6.07) is 22.0. The summed E-state index contributed by atoms with van der Waals surface area (Å²) in [6.07, 6.45) is 4.30.